The third-order valence-electron chi connectivity index (χ3n) is 10.5. The summed E-state index contributed by atoms with van der Waals surface area (Å²) in [6.45, 7) is 4.65. The van der Waals surface area contributed by atoms with Crippen LogP contribution in [0.1, 0.15) is 219 Å². The molecule has 0 bridgehead atoms. The Morgan fingerprint density at radius 1 is 0.630 bits per heavy atom. The van der Waals surface area contributed by atoms with Crippen LogP contribution >= 0.6 is 7.82 Å². The molecule has 0 fully saturated rings. The number of hydrogen-bond donors (Lipinski definition) is 2. The summed E-state index contributed by atoms with van der Waals surface area (Å²) in [5, 5.41) is 13.8. The lowest BCUT2D eigenvalue weighted by Gasteiger charge is -2.29. The van der Waals surface area contributed by atoms with E-state index in [1.165, 1.54) is 161 Å². The summed E-state index contributed by atoms with van der Waals surface area (Å²) in [4.78, 5) is 25.2. The molecule has 322 valence electrons. The molecule has 0 saturated heterocycles. The second kappa shape index (κ2) is 37.8. The molecule has 0 heterocycles. The third-order valence-corrected chi connectivity index (χ3v) is 11.5. The van der Waals surface area contributed by atoms with Gasteiger partial charge in [0.05, 0.1) is 39.9 Å². The number of nitrogens with one attached hydrogen (secondary N) is 1. The highest BCUT2D eigenvalue weighted by Crippen LogP contribution is 2.38. The van der Waals surface area contributed by atoms with Crippen molar-refractivity contribution >= 4 is 13.7 Å². The third kappa shape index (κ3) is 39.5. The summed E-state index contributed by atoms with van der Waals surface area (Å²) < 4.78 is 23.2. The van der Waals surface area contributed by atoms with Gasteiger partial charge in [0.15, 0.2) is 0 Å². The SMILES string of the molecule is CCCCCCCCCCCCCCCCCCCCC/C=C/C(O)C(COP(=O)([O-])OCC[N+](C)(C)C)NC(=O)CCCCCCCCCCCCC. The van der Waals surface area contributed by atoms with E-state index in [1.807, 2.05) is 27.2 Å². The van der Waals surface area contributed by atoms with Gasteiger partial charge in [-0.1, -0.05) is 206 Å². The number of carbonyl (C=O) groups excluding carboxylic acids is 1. The van der Waals surface area contributed by atoms with Crippen molar-refractivity contribution in [1.82, 2.24) is 5.32 Å². The van der Waals surface area contributed by atoms with E-state index in [0.29, 0.717) is 17.4 Å². The molecule has 0 aliphatic carbocycles. The van der Waals surface area contributed by atoms with Crippen LogP contribution in [-0.2, 0) is 18.4 Å². The molecule has 8 nitrogen and oxygen atoms in total. The molecule has 0 aromatic carbocycles. The molecule has 3 unspecified atom stereocenters. The molecular formula is C45H91N2O6P. The van der Waals surface area contributed by atoms with Gasteiger partial charge in [-0.15, -0.1) is 0 Å². The van der Waals surface area contributed by atoms with E-state index in [0.717, 1.165) is 38.5 Å². The molecule has 2 N–H and O–H groups in total. The Morgan fingerprint density at radius 3 is 1.39 bits per heavy atom. The normalized spacial score (nSPS) is 14.4. The first-order valence-corrected chi connectivity index (χ1v) is 24.5. The number of aliphatic hydroxyl groups is 1. The van der Waals surface area contributed by atoms with E-state index < -0.39 is 20.0 Å². The fourth-order valence-electron chi connectivity index (χ4n) is 6.80. The van der Waals surface area contributed by atoms with E-state index in [2.05, 4.69) is 19.2 Å². The van der Waals surface area contributed by atoms with E-state index in [9.17, 15) is 19.4 Å². The monoisotopic (exact) mass is 787 g/mol. The smallest absolute Gasteiger partial charge is 0.268 e. The Kier molecular flexibility index (Phi) is 37.3. The van der Waals surface area contributed by atoms with Crippen LogP contribution in [0.2, 0.25) is 0 Å². The minimum atomic E-state index is -4.58. The number of nitrogens with zero attached hydrogens (tertiary/aromatic N) is 1. The van der Waals surface area contributed by atoms with Crippen molar-refractivity contribution in [2.24, 2.45) is 0 Å². The molecule has 0 aliphatic heterocycles. The van der Waals surface area contributed by atoms with Gasteiger partial charge in [0.25, 0.3) is 7.82 Å². The number of rotatable bonds is 42. The van der Waals surface area contributed by atoms with Gasteiger partial charge in [-0.3, -0.25) is 9.36 Å². The Bertz CT molecular complexity index is 896. The minimum absolute atomic E-state index is 0.00204. The largest absolute Gasteiger partial charge is 0.756 e. The van der Waals surface area contributed by atoms with Crippen LogP contribution in [0.5, 0.6) is 0 Å². The molecule has 1 amide bonds. The highest BCUT2D eigenvalue weighted by Gasteiger charge is 2.23. The van der Waals surface area contributed by atoms with Crippen molar-refractivity contribution in [3.63, 3.8) is 0 Å². The number of aliphatic hydroxyl groups excluding tert-OH is 1. The summed E-state index contributed by atoms with van der Waals surface area (Å²) in [6.07, 6.45) is 42.6. The number of amides is 1. The number of quaternary nitrogens is 1. The lowest BCUT2D eigenvalue weighted by Crippen LogP contribution is -2.45. The van der Waals surface area contributed by atoms with Crippen LogP contribution in [0.25, 0.3) is 0 Å². The standard InChI is InChI=1S/C45H91N2O6P/c1-6-8-10-12-14-16-18-19-20-21-22-23-24-25-26-27-29-30-32-34-36-38-44(48)43(42-53-54(50,51)52-41-40-47(3,4)5)46-45(49)39-37-35-33-31-28-17-15-13-11-9-7-2/h36,38,43-44,48H,6-35,37,39-42H2,1-5H3,(H-,46,49,50,51)/b38-36+. The van der Waals surface area contributed by atoms with Crippen molar-refractivity contribution in [3.05, 3.63) is 12.2 Å². The molecule has 3 atom stereocenters. The van der Waals surface area contributed by atoms with Gasteiger partial charge in [-0.25, -0.2) is 0 Å². The molecule has 0 aromatic heterocycles. The first kappa shape index (κ1) is 53.2. The average Bonchev–Trinajstić information content (AvgIpc) is 3.12. The zero-order valence-electron chi connectivity index (χ0n) is 36.4. The van der Waals surface area contributed by atoms with Crippen molar-refractivity contribution in [3.8, 4) is 0 Å². The van der Waals surface area contributed by atoms with Gasteiger partial charge in [0.1, 0.15) is 13.2 Å². The van der Waals surface area contributed by atoms with Crippen LogP contribution in [0.15, 0.2) is 12.2 Å². The molecule has 0 aromatic rings. The van der Waals surface area contributed by atoms with Gasteiger partial charge in [-0.05, 0) is 19.3 Å². The molecule has 0 saturated carbocycles. The predicted molar refractivity (Wildman–Crippen MR) is 229 cm³/mol. The number of carbonyl (C=O) groups is 1. The van der Waals surface area contributed by atoms with Crippen LogP contribution < -0.4 is 10.2 Å². The summed E-state index contributed by atoms with van der Waals surface area (Å²) in [5.41, 5.74) is 0. The quantitative estimate of drug-likeness (QED) is 0.0276. The maximum atomic E-state index is 12.8. The molecular weight excluding hydrogens is 695 g/mol. The van der Waals surface area contributed by atoms with Crippen LogP contribution in [0.3, 0.4) is 0 Å². The van der Waals surface area contributed by atoms with Gasteiger partial charge in [0.2, 0.25) is 5.91 Å². The molecule has 54 heavy (non-hydrogen) atoms. The van der Waals surface area contributed by atoms with Crippen molar-refractivity contribution in [1.29, 1.82) is 0 Å². The number of phosphoric ester groups is 1. The van der Waals surface area contributed by atoms with E-state index in [1.54, 1.807) is 6.08 Å². The molecule has 0 rings (SSSR count). The molecule has 0 radical (unpaired) electrons. The second-order valence-corrected chi connectivity index (χ2v) is 18.5. The Labute approximate surface area is 335 Å². The van der Waals surface area contributed by atoms with Crippen molar-refractivity contribution in [2.75, 3.05) is 40.9 Å². The fourth-order valence-corrected chi connectivity index (χ4v) is 7.52. The topological polar surface area (TPSA) is 108 Å². The summed E-state index contributed by atoms with van der Waals surface area (Å²) in [7, 11) is 1.27. The summed E-state index contributed by atoms with van der Waals surface area (Å²) in [5.74, 6) is -0.197. The minimum Gasteiger partial charge on any atom is -0.756 e. The lowest BCUT2D eigenvalue weighted by atomic mass is 10.0. The second-order valence-electron chi connectivity index (χ2n) is 17.1. The maximum absolute atomic E-state index is 12.8. The van der Waals surface area contributed by atoms with Crippen LogP contribution in [-0.4, -0.2) is 68.5 Å². The Morgan fingerprint density at radius 2 is 1.00 bits per heavy atom. The average molecular weight is 787 g/mol. The molecule has 0 spiro atoms. The number of likely N-dealkylation sites (N-methyl/N-ethyl adjacent to an activating group) is 1. The zero-order valence-corrected chi connectivity index (χ0v) is 37.3. The number of unbranched alkanes of at least 4 members (excludes halogenated alkanes) is 29. The molecule has 0 aliphatic rings. The van der Waals surface area contributed by atoms with Gasteiger partial charge >= 0.3 is 0 Å². The number of hydrogen-bond acceptors (Lipinski definition) is 6. The van der Waals surface area contributed by atoms with Crippen LogP contribution in [0.4, 0.5) is 0 Å². The van der Waals surface area contributed by atoms with E-state index >= 15 is 0 Å². The first-order chi connectivity index (χ1) is 26.0. The lowest BCUT2D eigenvalue weighted by molar-refractivity contribution is -0.870. The van der Waals surface area contributed by atoms with Crippen molar-refractivity contribution < 1.29 is 32.9 Å². The molecule has 9 heteroatoms. The fraction of sp³-hybridized carbons (Fsp3) is 0.933. The van der Waals surface area contributed by atoms with Crippen molar-refractivity contribution in [2.45, 2.75) is 231 Å². The van der Waals surface area contributed by atoms with Gasteiger partial charge < -0.3 is 28.8 Å². The van der Waals surface area contributed by atoms with Gasteiger partial charge in [-0.2, -0.15) is 0 Å². The predicted octanol–water partition coefficient (Wildman–Crippen LogP) is 12.1. The van der Waals surface area contributed by atoms with Gasteiger partial charge in [0, 0.05) is 6.42 Å². The van der Waals surface area contributed by atoms with Crippen LogP contribution in [0, 0.1) is 0 Å². The zero-order chi connectivity index (χ0) is 40.0. The number of allylic oxidation sites excluding steroid dienone is 1. The Hall–Kier alpha value is -0.760. The Balaban J connectivity index is 4.31. The first-order valence-electron chi connectivity index (χ1n) is 23.1. The maximum Gasteiger partial charge on any atom is 0.268 e. The highest BCUT2D eigenvalue weighted by molar-refractivity contribution is 7.45. The van der Waals surface area contributed by atoms with E-state index in [-0.39, 0.29) is 19.1 Å². The van der Waals surface area contributed by atoms with E-state index in [4.69, 9.17) is 9.05 Å². The number of phosphoric acid groups is 1. The summed E-state index contributed by atoms with van der Waals surface area (Å²) >= 11 is 0. The highest BCUT2D eigenvalue weighted by atomic mass is 31.2. The summed E-state index contributed by atoms with van der Waals surface area (Å²) in [6, 6.07) is -0.879.